The summed E-state index contributed by atoms with van der Waals surface area (Å²) in [6.07, 6.45) is -14.6. The number of carbonyl (C=O) groups is 1. The first-order valence-electron chi connectivity index (χ1n) is 15.6. The molecule has 0 N–H and O–H groups in total. The summed E-state index contributed by atoms with van der Waals surface area (Å²) < 4.78 is 130. The lowest BCUT2D eigenvalue weighted by molar-refractivity contribution is -0.143. The molecule has 3 heterocycles. The minimum absolute atomic E-state index is 0.00741. The van der Waals surface area contributed by atoms with E-state index in [0.29, 0.717) is 18.7 Å². The van der Waals surface area contributed by atoms with E-state index >= 15 is 0 Å². The molecule has 0 unspecified atom stereocenters. The first kappa shape index (κ1) is 36.2. The van der Waals surface area contributed by atoms with Gasteiger partial charge in [0.2, 0.25) is 0 Å². The van der Waals surface area contributed by atoms with Crippen LogP contribution in [-0.4, -0.2) is 63.0 Å². The first-order chi connectivity index (χ1) is 22.8. The van der Waals surface area contributed by atoms with Gasteiger partial charge in [0.1, 0.15) is 0 Å². The number of fused-ring (bicyclic) bond motifs is 1. The summed E-state index contributed by atoms with van der Waals surface area (Å²) in [6, 6.07) is 1.86. The highest BCUT2D eigenvalue weighted by Gasteiger charge is 2.42. The number of rotatable bonds is 8. The Morgan fingerprint density at radius 1 is 0.898 bits per heavy atom. The van der Waals surface area contributed by atoms with E-state index in [2.05, 4.69) is 20.3 Å². The smallest absolute Gasteiger partial charge is 0.416 e. The number of aromatic nitrogens is 4. The topological polar surface area (TPSA) is 79.6 Å². The Hall–Kier alpha value is -4.09. The summed E-state index contributed by atoms with van der Waals surface area (Å²) in [7, 11) is 0. The molecule has 5 rings (SSSR count). The Kier molecular flexibility index (Phi) is 10.1. The van der Waals surface area contributed by atoms with Crippen LogP contribution in [0.25, 0.3) is 0 Å². The molecule has 0 aliphatic carbocycles. The SMILES string of the molecule is CC(C)OC(=O)N1c2ccc(C(F)(F)F)cc2[C@H](N(Cc2cc(C(F)(F)F)cc(C(F)(F)F)c2)c2nnn(CCN3CCCC3)n2)C[C@@H]1C. The summed E-state index contributed by atoms with van der Waals surface area (Å²) in [5.41, 5.74) is -4.70. The molecule has 0 saturated carbocycles. The van der Waals surface area contributed by atoms with Crippen LogP contribution in [0.4, 0.5) is 55.9 Å². The highest BCUT2D eigenvalue weighted by molar-refractivity contribution is 5.90. The van der Waals surface area contributed by atoms with Gasteiger partial charge in [-0.3, -0.25) is 4.90 Å². The lowest BCUT2D eigenvalue weighted by Crippen LogP contribution is -2.47. The summed E-state index contributed by atoms with van der Waals surface area (Å²) in [5, 5.41) is 12.5. The molecule has 1 saturated heterocycles. The minimum Gasteiger partial charge on any atom is -0.446 e. The van der Waals surface area contributed by atoms with Crippen molar-refractivity contribution in [3.63, 3.8) is 0 Å². The molecular weight excluding hydrogens is 673 g/mol. The van der Waals surface area contributed by atoms with Crippen LogP contribution in [0.3, 0.4) is 0 Å². The maximum absolute atomic E-state index is 14.0. The van der Waals surface area contributed by atoms with Crippen LogP contribution in [0.15, 0.2) is 36.4 Å². The molecule has 1 amide bonds. The lowest BCUT2D eigenvalue weighted by Gasteiger charge is -2.43. The number of halogens is 9. The number of benzene rings is 2. The Labute approximate surface area is 275 Å². The van der Waals surface area contributed by atoms with Crippen molar-refractivity contribution in [1.82, 2.24) is 25.1 Å². The third kappa shape index (κ3) is 8.38. The third-order valence-electron chi connectivity index (χ3n) is 8.40. The lowest BCUT2D eigenvalue weighted by atomic mass is 9.89. The van der Waals surface area contributed by atoms with Crippen molar-refractivity contribution in [1.29, 1.82) is 0 Å². The van der Waals surface area contributed by atoms with E-state index < -0.39 is 71.6 Å². The molecule has 2 aliphatic heterocycles. The van der Waals surface area contributed by atoms with E-state index in [9.17, 15) is 44.3 Å². The molecule has 3 aromatic rings. The number of likely N-dealkylation sites (tertiary alicyclic amines) is 1. The summed E-state index contributed by atoms with van der Waals surface area (Å²) in [4.78, 5) is 18.9. The number of amides is 1. The highest BCUT2D eigenvalue weighted by atomic mass is 19.4. The van der Waals surface area contributed by atoms with Gasteiger partial charge in [0.05, 0.1) is 41.1 Å². The van der Waals surface area contributed by atoms with Crippen molar-refractivity contribution in [3.05, 3.63) is 64.2 Å². The van der Waals surface area contributed by atoms with Crippen LogP contribution in [0, 0.1) is 0 Å². The van der Waals surface area contributed by atoms with Crippen molar-refractivity contribution < 1.29 is 49.0 Å². The van der Waals surface area contributed by atoms with Crippen LogP contribution in [0.5, 0.6) is 0 Å². The zero-order valence-electron chi connectivity index (χ0n) is 26.7. The number of anilines is 2. The third-order valence-corrected chi connectivity index (χ3v) is 8.40. The fourth-order valence-corrected chi connectivity index (χ4v) is 6.15. The second-order valence-corrected chi connectivity index (χ2v) is 12.5. The Balaban J connectivity index is 1.64. The van der Waals surface area contributed by atoms with Crippen molar-refractivity contribution in [2.75, 3.05) is 29.4 Å². The van der Waals surface area contributed by atoms with Gasteiger partial charge in [-0.25, -0.2) is 4.79 Å². The largest absolute Gasteiger partial charge is 0.446 e. The molecule has 1 aromatic heterocycles. The highest BCUT2D eigenvalue weighted by Crippen LogP contribution is 2.45. The van der Waals surface area contributed by atoms with E-state index in [4.69, 9.17) is 4.74 Å². The average molecular weight is 708 g/mol. The van der Waals surface area contributed by atoms with E-state index in [1.807, 2.05) is 0 Å². The first-order valence-corrected chi connectivity index (χ1v) is 15.6. The van der Waals surface area contributed by atoms with Gasteiger partial charge in [-0.1, -0.05) is 5.10 Å². The summed E-state index contributed by atoms with van der Waals surface area (Å²) in [6.45, 7) is 6.63. The Morgan fingerprint density at radius 2 is 1.51 bits per heavy atom. The van der Waals surface area contributed by atoms with Crippen molar-refractivity contribution >= 4 is 17.7 Å². The van der Waals surface area contributed by atoms with Gasteiger partial charge in [0.25, 0.3) is 5.95 Å². The number of carbonyl (C=O) groups excluding carboxylic acids is 1. The molecule has 2 aliphatic rings. The zero-order valence-corrected chi connectivity index (χ0v) is 26.7. The predicted octanol–water partition coefficient (Wildman–Crippen LogP) is 7.72. The fourth-order valence-electron chi connectivity index (χ4n) is 6.15. The van der Waals surface area contributed by atoms with Crippen molar-refractivity contribution in [2.45, 2.75) is 89.8 Å². The second-order valence-electron chi connectivity index (χ2n) is 12.5. The molecule has 268 valence electrons. The van der Waals surface area contributed by atoms with Crippen LogP contribution in [0.1, 0.15) is 73.9 Å². The standard InChI is InChI=1S/C31H34F9N7O2/c1-18(2)49-28(48)47-19(3)12-26(24-16-21(29(32,33)34)6-7-25(24)47)45(27-41-43-46(42-27)11-10-44-8-4-5-9-44)17-20-13-22(30(35,36)37)15-23(14-20)31(38,39)40/h6-7,13-16,18-19,26H,4-5,8-12,17H2,1-3H3/t19-,26+/m0/s1. The van der Waals surface area contributed by atoms with Crippen molar-refractivity contribution in [2.24, 2.45) is 0 Å². The number of tetrazole rings is 1. The van der Waals surface area contributed by atoms with Gasteiger partial charge in [-0.15, -0.1) is 5.10 Å². The average Bonchev–Trinajstić information content (AvgIpc) is 3.69. The quantitative estimate of drug-likeness (QED) is 0.222. The van der Waals surface area contributed by atoms with Gasteiger partial charge < -0.3 is 14.5 Å². The van der Waals surface area contributed by atoms with Gasteiger partial charge in [-0.05, 0) is 106 Å². The van der Waals surface area contributed by atoms with Gasteiger partial charge in [-0.2, -0.15) is 44.3 Å². The zero-order chi connectivity index (χ0) is 35.9. The molecule has 2 aromatic carbocycles. The maximum Gasteiger partial charge on any atom is 0.416 e. The molecule has 0 spiro atoms. The number of hydrogen-bond donors (Lipinski definition) is 0. The monoisotopic (exact) mass is 707 g/mol. The number of alkyl halides is 9. The number of ether oxygens (including phenoxy) is 1. The maximum atomic E-state index is 14.0. The normalized spacial score (nSPS) is 19.0. The van der Waals surface area contributed by atoms with E-state index in [1.54, 1.807) is 20.8 Å². The number of hydrogen-bond acceptors (Lipinski definition) is 7. The summed E-state index contributed by atoms with van der Waals surface area (Å²) in [5.74, 6) is -0.230. The molecule has 0 radical (unpaired) electrons. The minimum atomic E-state index is -5.14. The van der Waals surface area contributed by atoms with Gasteiger partial charge in [0.15, 0.2) is 0 Å². The Morgan fingerprint density at radius 3 is 2.08 bits per heavy atom. The van der Waals surface area contributed by atoms with Gasteiger partial charge >= 0.3 is 24.6 Å². The predicted molar refractivity (Wildman–Crippen MR) is 158 cm³/mol. The van der Waals surface area contributed by atoms with Crippen LogP contribution in [0.2, 0.25) is 0 Å². The molecule has 0 bridgehead atoms. The van der Waals surface area contributed by atoms with E-state index in [-0.39, 0.29) is 36.2 Å². The molecular formula is C31H34F9N7O2. The fraction of sp³-hybridized carbons (Fsp3) is 0.548. The van der Waals surface area contributed by atoms with Crippen LogP contribution >= 0.6 is 0 Å². The Bertz CT molecular complexity index is 1600. The molecule has 9 nitrogen and oxygen atoms in total. The summed E-state index contributed by atoms with van der Waals surface area (Å²) >= 11 is 0. The van der Waals surface area contributed by atoms with Crippen LogP contribution < -0.4 is 9.80 Å². The second kappa shape index (κ2) is 13.7. The van der Waals surface area contributed by atoms with E-state index in [1.165, 1.54) is 14.6 Å². The van der Waals surface area contributed by atoms with Crippen LogP contribution in [-0.2, 0) is 36.4 Å². The van der Waals surface area contributed by atoms with Gasteiger partial charge in [0, 0.05) is 19.1 Å². The van der Waals surface area contributed by atoms with Crippen molar-refractivity contribution in [3.8, 4) is 0 Å². The molecule has 1 fully saturated rings. The molecule has 49 heavy (non-hydrogen) atoms. The number of nitrogens with zero attached hydrogens (tertiary/aromatic N) is 7. The molecule has 2 atom stereocenters. The molecule has 18 heteroatoms. The van der Waals surface area contributed by atoms with E-state index in [0.717, 1.165) is 44.1 Å².